The van der Waals surface area contributed by atoms with E-state index in [2.05, 4.69) is 5.32 Å². The number of benzene rings is 2. The molecule has 0 bridgehead atoms. The number of hydrogen-bond donors (Lipinski definition) is 1. The minimum atomic E-state index is -0.597. The van der Waals surface area contributed by atoms with E-state index in [4.69, 9.17) is 17.0 Å². The highest BCUT2D eigenvalue weighted by Gasteiger charge is 2.28. The van der Waals surface area contributed by atoms with Crippen LogP contribution in [0.1, 0.15) is 19.4 Å². The fourth-order valence-corrected chi connectivity index (χ4v) is 2.73. The number of anilines is 1. The van der Waals surface area contributed by atoms with Gasteiger partial charge in [0.05, 0.1) is 12.2 Å². The van der Waals surface area contributed by atoms with Crippen molar-refractivity contribution in [2.75, 3.05) is 11.9 Å². The standard InChI is InChI=1S/C17H15F2NOS/c1-17(2)14-7-10(11-5-12(18)8-13(19)6-11)3-4-15(14)20-16(22)9-21-17/h3-8H,9H2,1-2H3,(H,20,22). The number of ether oxygens (including phenoxy) is 1. The number of fused-ring (bicyclic) bond motifs is 1. The molecule has 1 aliphatic rings. The Bertz CT molecular complexity index is 738. The van der Waals surface area contributed by atoms with Crippen molar-refractivity contribution < 1.29 is 13.5 Å². The molecule has 3 rings (SSSR count). The largest absolute Gasteiger partial charge is 0.364 e. The molecule has 0 radical (unpaired) electrons. The molecule has 0 aliphatic carbocycles. The minimum absolute atomic E-state index is 0.334. The van der Waals surface area contributed by atoms with Crippen LogP contribution >= 0.6 is 12.2 Å². The summed E-state index contributed by atoms with van der Waals surface area (Å²) in [5, 5.41) is 3.14. The molecule has 5 heteroatoms. The molecule has 0 unspecified atom stereocenters. The van der Waals surface area contributed by atoms with Crippen LogP contribution in [0.25, 0.3) is 11.1 Å². The Hall–Kier alpha value is -1.85. The lowest BCUT2D eigenvalue weighted by Crippen LogP contribution is -2.22. The van der Waals surface area contributed by atoms with E-state index in [1.54, 1.807) is 0 Å². The third-order valence-corrected chi connectivity index (χ3v) is 3.92. The summed E-state index contributed by atoms with van der Waals surface area (Å²) in [6.07, 6.45) is 0. The molecule has 1 heterocycles. The summed E-state index contributed by atoms with van der Waals surface area (Å²) >= 11 is 5.20. The lowest BCUT2D eigenvalue weighted by molar-refractivity contribution is 0.00436. The highest BCUT2D eigenvalue weighted by molar-refractivity contribution is 7.80. The summed E-state index contributed by atoms with van der Waals surface area (Å²) in [7, 11) is 0. The zero-order valence-electron chi connectivity index (χ0n) is 12.2. The lowest BCUT2D eigenvalue weighted by atomic mass is 9.92. The van der Waals surface area contributed by atoms with E-state index in [1.807, 2.05) is 32.0 Å². The summed E-state index contributed by atoms with van der Waals surface area (Å²) in [5.74, 6) is -1.19. The molecule has 1 N–H and O–H groups in total. The molecule has 2 aromatic carbocycles. The van der Waals surface area contributed by atoms with Crippen molar-refractivity contribution in [3.63, 3.8) is 0 Å². The van der Waals surface area contributed by atoms with E-state index >= 15 is 0 Å². The van der Waals surface area contributed by atoms with Crippen LogP contribution in [0.5, 0.6) is 0 Å². The summed E-state index contributed by atoms with van der Waals surface area (Å²) in [6.45, 7) is 4.22. The molecule has 2 aromatic rings. The Morgan fingerprint density at radius 1 is 1.05 bits per heavy atom. The van der Waals surface area contributed by atoms with Gasteiger partial charge < -0.3 is 10.1 Å². The van der Waals surface area contributed by atoms with Gasteiger partial charge in [-0.05, 0) is 49.2 Å². The van der Waals surface area contributed by atoms with Crippen molar-refractivity contribution in [2.24, 2.45) is 0 Å². The molecule has 22 heavy (non-hydrogen) atoms. The molecule has 0 atom stereocenters. The summed E-state index contributed by atoms with van der Waals surface area (Å²) < 4.78 is 32.7. The van der Waals surface area contributed by atoms with Gasteiger partial charge in [-0.2, -0.15) is 0 Å². The molecule has 0 fully saturated rings. The number of thiocarbonyl (C=S) groups is 1. The molecule has 0 amide bonds. The molecular weight excluding hydrogens is 304 g/mol. The van der Waals surface area contributed by atoms with Gasteiger partial charge in [0.1, 0.15) is 16.6 Å². The Labute approximate surface area is 133 Å². The van der Waals surface area contributed by atoms with Gasteiger partial charge in [0, 0.05) is 17.3 Å². The smallest absolute Gasteiger partial charge is 0.126 e. The molecule has 0 saturated heterocycles. The zero-order chi connectivity index (χ0) is 15.9. The third kappa shape index (κ3) is 2.87. The second-order valence-electron chi connectivity index (χ2n) is 5.77. The van der Waals surface area contributed by atoms with Crippen molar-refractivity contribution in [1.29, 1.82) is 0 Å². The van der Waals surface area contributed by atoms with Crippen LogP contribution in [0.2, 0.25) is 0 Å². The maximum absolute atomic E-state index is 13.4. The number of nitrogens with one attached hydrogen (secondary N) is 1. The molecule has 1 aliphatic heterocycles. The first-order chi connectivity index (χ1) is 10.3. The Morgan fingerprint density at radius 3 is 2.41 bits per heavy atom. The van der Waals surface area contributed by atoms with Crippen LogP contribution in [-0.4, -0.2) is 11.6 Å². The van der Waals surface area contributed by atoms with Gasteiger partial charge in [0.15, 0.2) is 0 Å². The van der Waals surface area contributed by atoms with E-state index < -0.39 is 17.2 Å². The van der Waals surface area contributed by atoms with Gasteiger partial charge in [0.2, 0.25) is 0 Å². The monoisotopic (exact) mass is 319 g/mol. The summed E-state index contributed by atoms with van der Waals surface area (Å²) in [5.41, 5.74) is 2.42. The van der Waals surface area contributed by atoms with Crippen molar-refractivity contribution in [3.05, 3.63) is 53.6 Å². The minimum Gasteiger partial charge on any atom is -0.364 e. The maximum Gasteiger partial charge on any atom is 0.126 e. The quantitative estimate of drug-likeness (QED) is 0.774. The topological polar surface area (TPSA) is 21.3 Å². The Morgan fingerprint density at radius 2 is 1.73 bits per heavy atom. The SMILES string of the molecule is CC1(C)OCC(=S)Nc2ccc(-c3cc(F)cc(F)c3)cc21. The Kier molecular flexibility index (Phi) is 3.70. The number of rotatable bonds is 1. The first-order valence-corrected chi connectivity index (χ1v) is 7.31. The molecule has 114 valence electrons. The third-order valence-electron chi connectivity index (χ3n) is 3.70. The van der Waals surface area contributed by atoms with Gasteiger partial charge in [-0.15, -0.1) is 0 Å². The lowest BCUT2D eigenvalue weighted by Gasteiger charge is -2.25. The summed E-state index contributed by atoms with van der Waals surface area (Å²) in [4.78, 5) is 0.608. The van der Waals surface area contributed by atoms with E-state index in [1.165, 1.54) is 12.1 Å². The van der Waals surface area contributed by atoms with Gasteiger partial charge in [-0.3, -0.25) is 0 Å². The normalized spacial score (nSPS) is 16.6. The Balaban J connectivity index is 2.13. The van der Waals surface area contributed by atoms with Gasteiger partial charge in [-0.1, -0.05) is 18.3 Å². The van der Waals surface area contributed by atoms with Crippen molar-refractivity contribution in [3.8, 4) is 11.1 Å². The fraction of sp³-hybridized carbons (Fsp3) is 0.235. The van der Waals surface area contributed by atoms with Gasteiger partial charge in [0.25, 0.3) is 0 Å². The fourth-order valence-electron chi connectivity index (χ4n) is 2.56. The van der Waals surface area contributed by atoms with Crippen LogP contribution < -0.4 is 5.32 Å². The van der Waals surface area contributed by atoms with E-state index in [0.717, 1.165) is 22.9 Å². The molecule has 0 aromatic heterocycles. The van der Waals surface area contributed by atoms with Crippen LogP contribution in [0.15, 0.2) is 36.4 Å². The highest BCUT2D eigenvalue weighted by Crippen LogP contribution is 2.36. The van der Waals surface area contributed by atoms with Crippen molar-refractivity contribution in [2.45, 2.75) is 19.4 Å². The van der Waals surface area contributed by atoms with Crippen molar-refractivity contribution >= 4 is 22.9 Å². The molecule has 0 spiro atoms. The second kappa shape index (κ2) is 5.41. The highest BCUT2D eigenvalue weighted by atomic mass is 32.1. The first-order valence-electron chi connectivity index (χ1n) is 6.90. The molecule has 0 saturated carbocycles. The van der Waals surface area contributed by atoms with Crippen LogP contribution in [0, 0.1) is 11.6 Å². The maximum atomic E-state index is 13.4. The van der Waals surface area contributed by atoms with Gasteiger partial charge in [-0.25, -0.2) is 8.78 Å². The molecular formula is C17H15F2NOS. The zero-order valence-corrected chi connectivity index (χ0v) is 13.1. The number of hydrogen-bond acceptors (Lipinski definition) is 2. The predicted octanol–water partition coefficient (Wildman–Crippen LogP) is 4.64. The van der Waals surface area contributed by atoms with Gasteiger partial charge >= 0.3 is 0 Å². The molecule has 2 nitrogen and oxygen atoms in total. The van der Waals surface area contributed by atoms with E-state index in [9.17, 15) is 8.78 Å². The van der Waals surface area contributed by atoms with Crippen LogP contribution in [0.3, 0.4) is 0 Å². The average molecular weight is 319 g/mol. The number of halogens is 2. The summed E-state index contributed by atoms with van der Waals surface area (Å²) in [6, 6.07) is 9.03. The average Bonchev–Trinajstić information content (AvgIpc) is 2.55. The van der Waals surface area contributed by atoms with E-state index in [0.29, 0.717) is 17.2 Å². The van der Waals surface area contributed by atoms with Crippen LogP contribution in [0.4, 0.5) is 14.5 Å². The predicted molar refractivity (Wildman–Crippen MR) is 87.0 cm³/mol. The van der Waals surface area contributed by atoms with Crippen molar-refractivity contribution in [1.82, 2.24) is 0 Å². The van der Waals surface area contributed by atoms with Crippen LogP contribution in [-0.2, 0) is 10.3 Å². The first kappa shape index (κ1) is 15.1. The van der Waals surface area contributed by atoms with E-state index in [-0.39, 0.29) is 0 Å². The second-order valence-corrected chi connectivity index (χ2v) is 6.26.